The summed E-state index contributed by atoms with van der Waals surface area (Å²) in [6.45, 7) is 0.528. The van der Waals surface area contributed by atoms with Crippen LogP contribution in [0.2, 0.25) is 0 Å². The molecule has 1 fully saturated rings. The van der Waals surface area contributed by atoms with Crippen molar-refractivity contribution in [3.05, 3.63) is 36.1 Å². The van der Waals surface area contributed by atoms with Crippen molar-refractivity contribution in [1.82, 2.24) is 10.1 Å². The van der Waals surface area contributed by atoms with Crippen LogP contribution in [0.3, 0.4) is 0 Å². The summed E-state index contributed by atoms with van der Waals surface area (Å²) in [7, 11) is 0. The summed E-state index contributed by atoms with van der Waals surface area (Å²) in [6, 6.07) is 5.11. The van der Waals surface area contributed by atoms with Crippen molar-refractivity contribution in [2.45, 2.75) is 28.4 Å². The van der Waals surface area contributed by atoms with E-state index in [9.17, 15) is 14.7 Å². The molecule has 12 heteroatoms. The molecule has 2 amide bonds. The zero-order valence-corrected chi connectivity index (χ0v) is 19.2. The average molecular weight is 494 g/mol. The highest BCUT2D eigenvalue weighted by atomic mass is 32.1. The molecule has 2 atom stereocenters. The number of carbonyl (C=O) groups excluding carboxylic acids is 2. The lowest BCUT2D eigenvalue weighted by Gasteiger charge is -2.29. The van der Waals surface area contributed by atoms with Crippen molar-refractivity contribution in [3.8, 4) is 5.88 Å². The van der Waals surface area contributed by atoms with Crippen LogP contribution in [0.1, 0.15) is 12.0 Å². The van der Waals surface area contributed by atoms with E-state index in [0.717, 1.165) is 11.1 Å². The third kappa shape index (κ3) is 5.13. The van der Waals surface area contributed by atoms with Gasteiger partial charge in [0.15, 0.2) is 12.2 Å². The highest BCUT2D eigenvalue weighted by Gasteiger charge is 2.34. The van der Waals surface area contributed by atoms with Gasteiger partial charge in [-0.2, -0.15) is 0 Å². The molecule has 2 aliphatic rings. The number of amides is 2. The van der Waals surface area contributed by atoms with Gasteiger partial charge in [-0.15, -0.1) is 25.3 Å². The Kier molecular flexibility index (Phi) is 7.17. The highest BCUT2D eigenvalue weighted by molar-refractivity contribution is 7.81. The summed E-state index contributed by atoms with van der Waals surface area (Å²) in [5, 5.41) is 22.2. The van der Waals surface area contributed by atoms with E-state index in [1.165, 1.54) is 16.1 Å². The molecule has 4 rings (SSSR count). The van der Waals surface area contributed by atoms with E-state index in [0.29, 0.717) is 47.4 Å². The van der Waals surface area contributed by atoms with Crippen molar-refractivity contribution in [2.75, 3.05) is 37.7 Å². The fourth-order valence-corrected chi connectivity index (χ4v) is 4.62. The third-order valence-corrected chi connectivity index (χ3v) is 6.10. The van der Waals surface area contributed by atoms with Crippen molar-refractivity contribution >= 4 is 48.5 Å². The topological polar surface area (TPSA) is 126 Å². The number of carbonyl (C=O) groups is 2. The van der Waals surface area contributed by atoms with Gasteiger partial charge in [0, 0.05) is 40.2 Å². The number of aromatic nitrogens is 1. The van der Waals surface area contributed by atoms with Gasteiger partial charge in [-0.25, -0.2) is 4.79 Å². The smallest absolute Gasteiger partial charge is 0.414 e. The van der Waals surface area contributed by atoms with Crippen LogP contribution in [0, 0.1) is 0 Å². The molecule has 3 heterocycles. The van der Waals surface area contributed by atoms with Crippen LogP contribution in [0.5, 0.6) is 5.88 Å². The van der Waals surface area contributed by atoms with Gasteiger partial charge in [0.05, 0.1) is 13.2 Å². The van der Waals surface area contributed by atoms with Crippen LogP contribution in [0.15, 0.2) is 44.9 Å². The molecule has 176 valence electrons. The van der Waals surface area contributed by atoms with E-state index in [1.807, 2.05) is 6.08 Å². The molecule has 0 aliphatic carbocycles. The Morgan fingerprint density at radius 3 is 2.70 bits per heavy atom. The second-order valence-corrected chi connectivity index (χ2v) is 8.55. The molecule has 1 aromatic carbocycles. The Balaban J connectivity index is 1.45. The lowest BCUT2D eigenvalue weighted by Crippen LogP contribution is -2.42. The first kappa shape index (κ1) is 23.5. The van der Waals surface area contributed by atoms with Gasteiger partial charge >= 0.3 is 6.09 Å². The Hall–Kier alpha value is -2.67. The number of hydrogen-bond donors (Lipinski definition) is 4. The number of anilines is 1. The Morgan fingerprint density at radius 2 is 2.09 bits per heavy atom. The fourth-order valence-electron chi connectivity index (χ4n) is 3.74. The molecule has 0 unspecified atom stereocenters. The van der Waals surface area contributed by atoms with Gasteiger partial charge in [-0.05, 0) is 29.3 Å². The second kappa shape index (κ2) is 10.1. The first-order valence-corrected chi connectivity index (χ1v) is 11.1. The molecule has 33 heavy (non-hydrogen) atoms. The molecule has 0 spiro atoms. The predicted molar refractivity (Wildman–Crippen MR) is 123 cm³/mol. The van der Waals surface area contributed by atoms with Crippen LogP contribution in [-0.4, -0.2) is 77.3 Å². The van der Waals surface area contributed by atoms with Gasteiger partial charge < -0.3 is 29.1 Å². The van der Waals surface area contributed by atoms with E-state index in [4.69, 9.17) is 19.1 Å². The molecule has 10 nitrogen and oxygen atoms in total. The van der Waals surface area contributed by atoms with Crippen molar-refractivity contribution in [2.24, 2.45) is 0 Å². The molecule has 0 bridgehead atoms. The number of ether oxygens (including phenoxy) is 2. The predicted octanol–water partition coefficient (Wildman–Crippen LogP) is 1.63. The molecular formula is C21H23N3O7S2. The third-order valence-electron chi connectivity index (χ3n) is 5.40. The number of rotatable bonds is 7. The zero-order valence-electron chi connectivity index (χ0n) is 17.5. The van der Waals surface area contributed by atoms with E-state index in [2.05, 4.69) is 30.4 Å². The van der Waals surface area contributed by atoms with Crippen molar-refractivity contribution < 1.29 is 33.8 Å². The molecule has 2 N–H and O–H groups in total. The second-order valence-electron chi connectivity index (χ2n) is 7.59. The standard InChI is InChI=1S/C21H23N3O7S2/c25-10-15(26)20(27)23-4-1-12(2-5-23)19-16(32)7-13(8-17(19)33)24-9-14(31-21(24)28)11-29-18-3-6-30-22-18/h1,3,6-8,14-15,25-26,32-33H,2,4-5,9-11H2/t14-,15+/m1/s1. The summed E-state index contributed by atoms with van der Waals surface area (Å²) < 4.78 is 15.5. The van der Waals surface area contributed by atoms with Crippen LogP contribution in [0.25, 0.3) is 5.57 Å². The summed E-state index contributed by atoms with van der Waals surface area (Å²) in [5.74, 6) is -0.189. The number of nitrogens with zero attached hydrogens (tertiary/aromatic N) is 3. The number of aliphatic hydroxyl groups is 2. The summed E-state index contributed by atoms with van der Waals surface area (Å²) in [6.07, 6.45) is 1.43. The molecule has 0 saturated carbocycles. The van der Waals surface area contributed by atoms with Gasteiger partial charge in [0.25, 0.3) is 11.8 Å². The van der Waals surface area contributed by atoms with Crippen molar-refractivity contribution in [1.29, 1.82) is 0 Å². The van der Waals surface area contributed by atoms with Gasteiger partial charge in [-0.1, -0.05) is 6.08 Å². The molecule has 0 radical (unpaired) electrons. The highest BCUT2D eigenvalue weighted by Crippen LogP contribution is 2.37. The number of aliphatic hydroxyl groups excluding tert-OH is 2. The Labute approximate surface area is 200 Å². The lowest BCUT2D eigenvalue weighted by atomic mass is 9.98. The quantitative estimate of drug-likeness (QED) is 0.429. The van der Waals surface area contributed by atoms with Gasteiger partial charge in [-0.3, -0.25) is 9.69 Å². The molecule has 1 aromatic heterocycles. The molecule has 2 aliphatic heterocycles. The first-order chi connectivity index (χ1) is 15.9. The van der Waals surface area contributed by atoms with E-state index >= 15 is 0 Å². The SMILES string of the molecule is O=C([C@@H](O)CO)N1CC=C(c2c(S)cc(N3C[C@H](COc4ccon4)OC3=O)cc2S)CC1. The number of thiol groups is 2. The van der Waals surface area contributed by atoms with Gasteiger partial charge in [0.1, 0.15) is 12.9 Å². The zero-order chi connectivity index (χ0) is 23.5. The number of benzene rings is 1. The summed E-state index contributed by atoms with van der Waals surface area (Å²) in [4.78, 5) is 28.7. The first-order valence-electron chi connectivity index (χ1n) is 10.2. The minimum absolute atomic E-state index is 0.140. The maximum atomic E-state index is 12.4. The average Bonchev–Trinajstić information content (AvgIpc) is 3.46. The molecule has 1 saturated heterocycles. The Bertz CT molecular complexity index is 1040. The molecule has 2 aromatic rings. The minimum Gasteiger partial charge on any atom is -0.471 e. The van der Waals surface area contributed by atoms with E-state index < -0.39 is 30.8 Å². The van der Waals surface area contributed by atoms with Gasteiger partial charge in [0.2, 0.25) is 0 Å². The minimum atomic E-state index is -1.41. The summed E-state index contributed by atoms with van der Waals surface area (Å²) in [5.41, 5.74) is 2.38. The van der Waals surface area contributed by atoms with Crippen LogP contribution in [-0.2, 0) is 9.53 Å². The van der Waals surface area contributed by atoms with Crippen LogP contribution in [0.4, 0.5) is 10.5 Å². The fraction of sp³-hybridized carbons (Fsp3) is 0.381. The monoisotopic (exact) mass is 493 g/mol. The van der Waals surface area contributed by atoms with Crippen LogP contribution >= 0.6 is 25.3 Å². The maximum Gasteiger partial charge on any atom is 0.414 e. The maximum absolute atomic E-state index is 12.4. The van der Waals surface area contributed by atoms with E-state index in [-0.39, 0.29) is 6.61 Å². The summed E-state index contributed by atoms with van der Waals surface area (Å²) >= 11 is 9.24. The normalized spacial score (nSPS) is 19.3. The number of hydrogen-bond acceptors (Lipinski definition) is 10. The Morgan fingerprint density at radius 1 is 1.33 bits per heavy atom. The lowest BCUT2D eigenvalue weighted by molar-refractivity contribution is -0.141. The van der Waals surface area contributed by atoms with Crippen LogP contribution < -0.4 is 9.64 Å². The molecular weight excluding hydrogens is 470 g/mol. The van der Waals surface area contributed by atoms with E-state index in [1.54, 1.807) is 18.2 Å². The van der Waals surface area contributed by atoms with Crippen molar-refractivity contribution in [3.63, 3.8) is 0 Å². The largest absolute Gasteiger partial charge is 0.471 e. The number of cyclic esters (lactones) is 1.